The lowest BCUT2D eigenvalue weighted by Crippen LogP contribution is -1.96. The molecule has 0 saturated heterocycles. The van der Waals surface area contributed by atoms with E-state index < -0.39 is 0 Å². The van der Waals surface area contributed by atoms with Crippen LogP contribution in [-0.4, -0.2) is 4.98 Å². The van der Waals surface area contributed by atoms with Gasteiger partial charge in [0, 0.05) is 11.1 Å². The maximum atomic E-state index is 5.92. The number of ether oxygens (including phenoxy) is 1. The van der Waals surface area contributed by atoms with Crippen molar-refractivity contribution in [1.29, 1.82) is 0 Å². The van der Waals surface area contributed by atoms with Crippen molar-refractivity contribution in [1.82, 2.24) is 4.98 Å². The normalized spacial score (nSPS) is 10.3. The minimum absolute atomic E-state index is 0.516. The number of aromatic nitrogens is 1. The van der Waals surface area contributed by atoms with E-state index in [0.29, 0.717) is 22.3 Å². The topological polar surface area (TPSA) is 48.1 Å². The molecule has 3 nitrogen and oxygen atoms in total. The zero-order valence-corrected chi connectivity index (χ0v) is 10.5. The molecule has 2 rings (SSSR count). The minimum Gasteiger partial charge on any atom is -0.439 e. The van der Waals surface area contributed by atoms with Crippen LogP contribution in [0.4, 0.5) is 5.69 Å². The van der Waals surface area contributed by atoms with Gasteiger partial charge < -0.3 is 10.5 Å². The molecule has 0 radical (unpaired) electrons. The molecule has 0 bridgehead atoms. The Bertz CT molecular complexity index is 555. The number of hydrogen-bond acceptors (Lipinski definition) is 3. The SMILES string of the molecule is Cc1ccc(Cl)cc1Oc1ccc(N)c(C)n1. The van der Waals surface area contributed by atoms with Gasteiger partial charge in [0.05, 0.1) is 11.4 Å². The van der Waals surface area contributed by atoms with E-state index in [4.69, 9.17) is 22.1 Å². The van der Waals surface area contributed by atoms with Crippen molar-refractivity contribution in [3.8, 4) is 11.6 Å². The van der Waals surface area contributed by atoms with Crippen LogP contribution in [-0.2, 0) is 0 Å². The van der Waals surface area contributed by atoms with E-state index in [2.05, 4.69) is 4.98 Å². The number of hydrogen-bond donors (Lipinski definition) is 1. The molecule has 1 aromatic heterocycles. The van der Waals surface area contributed by atoms with Crippen molar-refractivity contribution in [2.75, 3.05) is 5.73 Å². The molecule has 1 heterocycles. The third-order valence-corrected chi connectivity index (χ3v) is 2.70. The predicted octanol–water partition coefficient (Wildman–Crippen LogP) is 3.73. The van der Waals surface area contributed by atoms with Crippen LogP contribution in [0.3, 0.4) is 0 Å². The zero-order chi connectivity index (χ0) is 12.4. The van der Waals surface area contributed by atoms with Crippen molar-refractivity contribution in [2.24, 2.45) is 0 Å². The van der Waals surface area contributed by atoms with Gasteiger partial charge in [-0.05, 0) is 37.6 Å². The van der Waals surface area contributed by atoms with Crippen molar-refractivity contribution in [2.45, 2.75) is 13.8 Å². The standard InChI is InChI=1S/C13H13ClN2O/c1-8-3-4-10(14)7-12(8)17-13-6-5-11(15)9(2)16-13/h3-7H,15H2,1-2H3. The van der Waals surface area contributed by atoms with Crippen molar-refractivity contribution >= 4 is 17.3 Å². The van der Waals surface area contributed by atoms with Crippen LogP contribution in [0.25, 0.3) is 0 Å². The van der Waals surface area contributed by atoms with E-state index in [1.165, 1.54) is 0 Å². The largest absolute Gasteiger partial charge is 0.439 e. The van der Waals surface area contributed by atoms with Crippen LogP contribution >= 0.6 is 11.6 Å². The Kier molecular flexibility index (Phi) is 3.20. The number of halogens is 1. The molecule has 0 amide bonds. The average Bonchev–Trinajstić information content (AvgIpc) is 2.29. The van der Waals surface area contributed by atoms with Gasteiger partial charge >= 0.3 is 0 Å². The van der Waals surface area contributed by atoms with Gasteiger partial charge in [0.2, 0.25) is 5.88 Å². The van der Waals surface area contributed by atoms with Crippen LogP contribution in [0.1, 0.15) is 11.3 Å². The van der Waals surface area contributed by atoms with Gasteiger partial charge in [-0.3, -0.25) is 0 Å². The minimum atomic E-state index is 0.516. The summed E-state index contributed by atoms with van der Waals surface area (Å²) in [5.74, 6) is 1.22. The number of pyridine rings is 1. The quantitative estimate of drug-likeness (QED) is 0.881. The molecule has 0 aliphatic heterocycles. The second-order valence-electron chi connectivity index (χ2n) is 3.84. The van der Waals surface area contributed by atoms with Crippen LogP contribution in [0, 0.1) is 13.8 Å². The first-order chi connectivity index (χ1) is 8.06. The number of nitrogens with zero attached hydrogens (tertiary/aromatic N) is 1. The van der Waals surface area contributed by atoms with Gasteiger partial charge in [-0.15, -0.1) is 0 Å². The van der Waals surface area contributed by atoms with Crippen LogP contribution in [0.2, 0.25) is 5.02 Å². The van der Waals surface area contributed by atoms with Crippen molar-refractivity contribution in [3.05, 3.63) is 46.6 Å². The molecule has 0 saturated carbocycles. The molecule has 2 aromatic rings. The predicted molar refractivity (Wildman–Crippen MR) is 69.6 cm³/mol. The maximum Gasteiger partial charge on any atom is 0.219 e. The molecule has 0 aliphatic rings. The van der Waals surface area contributed by atoms with Gasteiger partial charge in [0.15, 0.2) is 0 Å². The maximum absolute atomic E-state index is 5.92. The molecule has 1 aromatic carbocycles. The lowest BCUT2D eigenvalue weighted by atomic mass is 10.2. The van der Waals surface area contributed by atoms with Crippen molar-refractivity contribution in [3.63, 3.8) is 0 Å². The number of anilines is 1. The molecule has 0 fully saturated rings. The fraction of sp³-hybridized carbons (Fsp3) is 0.154. The first-order valence-electron chi connectivity index (χ1n) is 5.23. The van der Waals surface area contributed by atoms with E-state index >= 15 is 0 Å². The Hall–Kier alpha value is -1.74. The highest BCUT2D eigenvalue weighted by Crippen LogP contribution is 2.27. The fourth-order valence-electron chi connectivity index (χ4n) is 1.40. The Balaban J connectivity index is 2.31. The summed E-state index contributed by atoms with van der Waals surface area (Å²) in [4.78, 5) is 4.25. The van der Waals surface area contributed by atoms with E-state index in [1.807, 2.05) is 26.0 Å². The summed E-state index contributed by atoms with van der Waals surface area (Å²) in [5, 5.41) is 0.637. The second-order valence-corrected chi connectivity index (χ2v) is 4.27. The smallest absolute Gasteiger partial charge is 0.219 e. The number of benzene rings is 1. The molecule has 0 spiro atoms. The monoisotopic (exact) mass is 248 g/mol. The van der Waals surface area contributed by atoms with Gasteiger partial charge in [0.25, 0.3) is 0 Å². The summed E-state index contributed by atoms with van der Waals surface area (Å²) in [5.41, 5.74) is 8.11. The molecular formula is C13H13ClN2O. The summed E-state index contributed by atoms with van der Waals surface area (Å²) >= 11 is 5.92. The van der Waals surface area contributed by atoms with E-state index in [9.17, 15) is 0 Å². The summed E-state index contributed by atoms with van der Waals surface area (Å²) in [6.07, 6.45) is 0. The third-order valence-electron chi connectivity index (χ3n) is 2.47. The summed E-state index contributed by atoms with van der Waals surface area (Å²) < 4.78 is 5.67. The van der Waals surface area contributed by atoms with Gasteiger partial charge in [-0.2, -0.15) is 0 Å². The van der Waals surface area contributed by atoms with E-state index in [1.54, 1.807) is 18.2 Å². The highest BCUT2D eigenvalue weighted by Gasteiger charge is 2.04. The first kappa shape index (κ1) is 11.7. The summed E-state index contributed by atoms with van der Waals surface area (Å²) in [6, 6.07) is 9.01. The highest BCUT2D eigenvalue weighted by molar-refractivity contribution is 6.30. The van der Waals surface area contributed by atoms with Gasteiger partial charge in [-0.25, -0.2) is 4.98 Å². The molecule has 0 aliphatic carbocycles. The van der Waals surface area contributed by atoms with Gasteiger partial charge in [0.1, 0.15) is 5.75 Å². The van der Waals surface area contributed by atoms with Crippen LogP contribution < -0.4 is 10.5 Å². The number of nitrogens with two attached hydrogens (primary N) is 1. The molecule has 0 atom stereocenters. The first-order valence-corrected chi connectivity index (χ1v) is 5.61. The molecule has 0 unspecified atom stereocenters. The van der Waals surface area contributed by atoms with Crippen LogP contribution in [0.5, 0.6) is 11.6 Å². The highest BCUT2D eigenvalue weighted by atomic mass is 35.5. The average molecular weight is 249 g/mol. The Morgan fingerprint density at radius 3 is 2.65 bits per heavy atom. The van der Waals surface area contributed by atoms with E-state index in [-0.39, 0.29) is 0 Å². The number of rotatable bonds is 2. The number of nitrogen functional groups attached to an aromatic ring is 1. The number of aryl methyl sites for hydroxylation is 2. The summed E-state index contributed by atoms with van der Waals surface area (Å²) in [6.45, 7) is 3.79. The lowest BCUT2D eigenvalue weighted by molar-refractivity contribution is 0.458. The molecule has 17 heavy (non-hydrogen) atoms. The fourth-order valence-corrected chi connectivity index (χ4v) is 1.56. The molecular weight excluding hydrogens is 236 g/mol. The van der Waals surface area contributed by atoms with Gasteiger partial charge in [-0.1, -0.05) is 17.7 Å². The Morgan fingerprint density at radius 1 is 1.18 bits per heavy atom. The Labute approximate surface area is 105 Å². The molecule has 2 N–H and O–H groups in total. The van der Waals surface area contributed by atoms with E-state index in [0.717, 1.165) is 11.3 Å². The van der Waals surface area contributed by atoms with Crippen molar-refractivity contribution < 1.29 is 4.74 Å². The Morgan fingerprint density at radius 2 is 1.94 bits per heavy atom. The third kappa shape index (κ3) is 2.68. The lowest BCUT2D eigenvalue weighted by Gasteiger charge is -2.09. The summed E-state index contributed by atoms with van der Waals surface area (Å²) in [7, 11) is 0. The van der Waals surface area contributed by atoms with Crippen LogP contribution in [0.15, 0.2) is 30.3 Å². The zero-order valence-electron chi connectivity index (χ0n) is 9.70. The molecule has 88 valence electrons. The molecule has 4 heteroatoms. The second kappa shape index (κ2) is 4.63.